The molecule has 0 aromatic heterocycles. The number of para-hydroxylation sites is 3. The quantitative estimate of drug-likeness (QED) is 0.820. The molecule has 3 rings (SSSR count). The monoisotopic (exact) mass is 382 g/mol. The zero-order valence-electron chi connectivity index (χ0n) is 13.8. The molecule has 0 radical (unpaired) electrons. The molecule has 5 nitrogen and oxygen atoms in total. The molecular weight excluding hydrogens is 368 g/mol. The highest BCUT2D eigenvalue weighted by molar-refractivity contribution is 6.04. The Balaban J connectivity index is 1.73. The molecule has 1 heterocycles. The first-order valence-corrected chi connectivity index (χ1v) is 7.95. The van der Waals surface area contributed by atoms with Gasteiger partial charge in [0.2, 0.25) is 11.8 Å². The van der Waals surface area contributed by atoms with Crippen molar-refractivity contribution in [3.8, 4) is 5.75 Å². The van der Waals surface area contributed by atoms with Gasteiger partial charge in [0.05, 0.1) is 17.3 Å². The molecule has 2 aromatic carbocycles. The van der Waals surface area contributed by atoms with E-state index in [1.165, 1.54) is 36.4 Å². The second-order valence-electron chi connectivity index (χ2n) is 5.89. The minimum absolute atomic E-state index is 0.0543. The fraction of sp³-hybridized carbons (Fsp3) is 0.222. The molecule has 2 aromatic rings. The van der Waals surface area contributed by atoms with E-state index in [1.807, 2.05) is 0 Å². The number of alkyl halides is 3. The molecule has 142 valence electrons. The topological polar surface area (TPSA) is 58.6 Å². The molecule has 9 heteroatoms. The van der Waals surface area contributed by atoms with Crippen LogP contribution in [0.1, 0.15) is 6.42 Å². The lowest BCUT2D eigenvalue weighted by molar-refractivity contribution is -0.274. The number of carbonyl (C=O) groups excluding carboxylic acids is 2. The van der Waals surface area contributed by atoms with E-state index in [0.717, 1.165) is 11.0 Å². The smallest absolute Gasteiger partial charge is 0.404 e. The largest absolute Gasteiger partial charge is 0.573 e. The Morgan fingerprint density at radius 1 is 1.11 bits per heavy atom. The van der Waals surface area contributed by atoms with Gasteiger partial charge >= 0.3 is 6.36 Å². The maximum atomic E-state index is 13.9. The average Bonchev–Trinajstić information content (AvgIpc) is 2.97. The fourth-order valence-corrected chi connectivity index (χ4v) is 2.81. The molecule has 0 bridgehead atoms. The highest BCUT2D eigenvalue weighted by atomic mass is 19.4. The third kappa shape index (κ3) is 4.36. The van der Waals surface area contributed by atoms with Crippen molar-refractivity contribution in [1.29, 1.82) is 0 Å². The number of ether oxygens (including phenoxy) is 1. The molecule has 1 fully saturated rings. The summed E-state index contributed by atoms with van der Waals surface area (Å²) in [5.41, 5.74) is -0.116. The lowest BCUT2D eigenvalue weighted by Gasteiger charge is -2.18. The third-order valence-corrected chi connectivity index (χ3v) is 4.01. The van der Waals surface area contributed by atoms with Crippen LogP contribution >= 0.6 is 0 Å². The van der Waals surface area contributed by atoms with Gasteiger partial charge in [-0.15, -0.1) is 13.2 Å². The predicted molar refractivity (Wildman–Crippen MR) is 88.6 cm³/mol. The Hall–Kier alpha value is -3.10. The maximum Gasteiger partial charge on any atom is 0.573 e. The van der Waals surface area contributed by atoms with Crippen molar-refractivity contribution in [1.82, 2.24) is 0 Å². The van der Waals surface area contributed by atoms with E-state index in [2.05, 4.69) is 10.1 Å². The van der Waals surface area contributed by atoms with E-state index in [4.69, 9.17) is 0 Å². The summed E-state index contributed by atoms with van der Waals surface area (Å²) in [6.07, 6.45) is -5.09. The Morgan fingerprint density at radius 2 is 1.78 bits per heavy atom. The number of rotatable bonds is 4. The summed E-state index contributed by atoms with van der Waals surface area (Å²) in [4.78, 5) is 25.7. The molecule has 0 aliphatic carbocycles. The third-order valence-electron chi connectivity index (χ3n) is 4.01. The van der Waals surface area contributed by atoms with Gasteiger partial charge in [0, 0.05) is 13.0 Å². The molecule has 1 saturated heterocycles. The van der Waals surface area contributed by atoms with Gasteiger partial charge < -0.3 is 15.0 Å². The molecule has 1 N–H and O–H groups in total. The number of hydrogen-bond donors (Lipinski definition) is 1. The zero-order chi connectivity index (χ0) is 19.6. The van der Waals surface area contributed by atoms with Crippen molar-refractivity contribution in [3.05, 3.63) is 54.3 Å². The van der Waals surface area contributed by atoms with Crippen LogP contribution in [0.3, 0.4) is 0 Å². The highest BCUT2D eigenvalue weighted by Crippen LogP contribution is 2.32. The molecule has 2 amide bonds. The summed E-state index contributed by atoms with van der Waals surface area (Å²) in [6, 6.07) is 10.7. The van der Waals surface area contributed by atoms with E-state index in [-0.39, 0.29) is 24.3 Å². The molecule has 0 saturated carbocycles. The van der Waals surface area contributed by atoms with E-state index >= 15 is 0 Å². The fourth-order valence-electron chi connectivity index (χ4n) is 2.81. The second kappa shape index (κ2) is 7.26. The van der Waals surface area contributed by atoms with Crippen LogP contribution in [0.5, 0.6) is 5.75 Å². The van der Waals surface area contributed by atoms with Crippen LogP contribution in [0.15, 0.2) is 48.5 Å². The molecule has 27 heavy (non-hydrogen) atoms. The van der Waals surface area contributed by atoms with Crippen molar-refractivity contribution < 1.29 is 31.9 Å². The number of benzene rings is 2. The molecule has 1 atom stereocenters. The van der Waals surface area contributed by atoms with Gasteiger partial charge in [0.25, 0.3) is 0 Å². The Kier molecular flexibility index (Phi) is 5.02. The summed E-state index contributed by atoms with van der Waals surface area (Å²) in [5, 5.41) is 2.35. The van der Waals surface area contributed by atoms with Crippen LogP contribution in [0.2, 0.25) is 0 Å². The van der Waals surface area contributed by atoms with Gasteiger partial charge in [-0.05, 0) is 24.3 Å². The van der Waals surface area contributed by atoms with Gasteiger partial charge in [0.1, 0.15) is 5.82 Å². The minimum Gasteiger partial charge on any atom is -0.404 e. The van der Waals surface area contributed by atoms with E-state index in [9.17, 15) is 27.2 Å². The van der Waals surface area contributed by atoms with Gasteiger partial charge in [-0.2, -0.15) is 0 Å². The summed E-state index contributed by atoms with van der Waals surface area (Å²) in [6.45, 7) is -0.0755. The molecule has 1 aliphatic rings. The number of hydrogen-bond acceptors (Lipinski definition) is 3. The van der Waals surface area contributed by atoms with E-state index in [0.29, 0.717) is 0 Å². The van der Waals surface area contributed by atoms with Crippen molar-refractivity contribution >= 4 is 23.2 Å². The predicted octanol–water partition coefficient (Wildman–Crippen LogP) is 3.72. The molecular formula is C18H14F4N2O3. The SMILES string of the molecule is O=C(Nc1ccccc1OC(F)(F)F)C1CC(=O)N(c2ccccc2F)C1. The number of carbonyl (C=O) groups is 2. The number of halogens is 4. The van der Waals surface area contributed by atoms with Gasteiger partial charge in [-0.1, -0.05) is 24.3 Å². The summed E-state index contributed by atoms with van der Waals surface area (Å²) in [7, 11) is 0. The van der Waals surface area contributed by atoms with Crippen molar-refractivity contribution in [2.24, 2.45) is 5.92 Å². The van der Waals surface area contributed by atoms with Gasteiger partial charge in [0.15, 0.2) is 5.75 Å². The van der Waals surface area contributed by atoms with Crippen LogP contribution in [0.4, 0.5) is 28.9 Å². The van der Waals surface area contributed by atoms with E-state index in [1.54, 1.807) is 6.07 Å². The Bertz CT molecular complexity index is 870. The first kappa shape index (κ1) is 18.7. The lowest BCUT2D eigenvalue weighted by atomic mass is 10.1. The summed E-state index contributed by atoms with van der Waals surface area (Å²) < 4.78 is 55.2. The Labute approximate surface area is 151 Å². The second-order valence-corrected chi connectivity index (χ2v) is 5.89. The van der Waals surface area contributed by atoms with Gasteiger partial charge in [-0.25, -0.2) is 4.39 Å². The van der Waals surface area contributed by atoms with Crippen LogP contribution in [-0.2, 0) is 9.59 Å². The lowest BCUT2D eigenvalue weighted by Crippen LogP contribution is -2.29. The Morgan fingerprint density at radius 3 is 2.48 bits per heavy atom. The summed E-state index contributed by atoms with van der Waals surface area (Å²) >= 11 is 0. The first-order valence-electron chi connectivity index (χ1n) is 7.95. The number of nitrogens with zero attached hydrogens (tertiary/aromatic N) is 1. The van der Waals surface area contributed by atoms with Crippen molar-refractivity contribution in [3.63, 3.8) is 0 Å². The zero-order valence-corrected chi connectivity index (χ0v) is 13.8. The molecule has 1 unspecified atom stereocenters. The van der Waals surface area contributed by atoms with Crippen molar-refractivity contribution in [2.75, 3.05) is 16.8 Å². The molecule has 1 aliphatic heterocycles. The van der Waals surface area contributed by atoms with Crippen LogP contribution in [0.25, 0.3) is 0 Å². The summed E-state index contributed by atoms with van der Waals surface area (Å²) in [5.74, 6) is -3.10. The van der Waals surface area contributed by atoms with Crippen LogP contribution in [0, 0.1) is 11.7 Å². The van der Waals surface area contributed by atoms with Crippen LogP contribution < -0.4 is 15.0 Å². The van der Waals surface area contributed by atoms with Gasteiger partial charge in [-0.3, -0.25) is 9.59 Å². The normalized spacial score (nSPS) is 17.1. The minimum atomic E-state index is -4.91. The van der Waals surface area contributed by atoms with E-state index < -0.39 is 35.7 Å². The number of amides is 2. The maximum absolute atomic E-state index is 13.9. The highest BCUT2D eigenvalue weighted by Gasteiger charge is 2.37. The number of anilines is 2. The van der Waals surface area contributed by atoms with Crippen LogP contribution in [-0.4, -0.2) is 24.7 Å². The standard InChI is InChI=1S/C18H14F4N2O3/c19-12-5-1-3-7-14(12)24-10-11(9-16(24)25)17(26)23-13-6-2-4-8-15(13)27-18(20,21)22/h1-8,11H,9-10H2,(H,23,26). The average molecular weight is 382 g/mol. The molecule has 0 spiro atoms. The number of nitrogens with one attached hydrogen (secondary N) is 1. The van der Waals surface area contributed by atoms with Crippen molar-refractivity contribution in [2.45, 2.75) is 12.8 Å². The first-order chi connectivity index (χ1) is 12.7.